The van der Waals surface area contributed by atoms with Gasteiger partial charge >= 0.3 is 0 Å². The van der Waals surface area contributed by atoms with Gasteiger partial charge in [0.05, 0.1) is 19.6 Å². The lowest BCUT2D eigenvalue weighted by molar-refractivity contribution is -0.120. The van der Waals surface area contributed by atoms with E-state index in [-0.39, 0.29) is 5.91 Å². The summed E-state index contributed by atoms with van der Waals surface area (Å²) in [6.45, 7) is 7.16. The van der Waals surface area contributed by atoms with Gasteiger partial charge in [-0.25, -0.2) is 0 Å². The van der Waals surface area contributed by atoms with Gasteiger partial charge in [0.1, 0.15) is 0 Å². The molecule has 132 valence electrons. The Morgan fingerprint density at radius 2 is 1.76 bits per heavy atom. The highest BCUT2D eigenvalue weighted by molar-refractivity contribution is 5.78. The van der Waals surface area contributed by atoms with Crippen LogP contribution in [-0.2, 0) is 29.0 Å². The van der Waals surface area contributed by atoms with Crippen LogP contribution < -0.4 is 5.32 Å². The van der Waals surface area contributed by atoms with Crippen molar-refractivity contribution in [3.05, 3.63) is 70.8 Å². The second kappa shape index (κ2) is 8.79. The lowest BCUT2D eigenvalue weighted by Crippen LogP contribution is -2.35. The number of hydrogen-bond donors (Lipinski definition) is 1. The third kappa shape index (κ3) is 5.69. The molecule has 1 aliphatic rings. The maximum atomic E-state index is 12.1. The van der Waals surface area contributed by atoms with E-state index in [0.29, 0.717) is 13.0 Å². The highest BCUT2D eigenvalue weighted by Gasteiger charge is 2.11. The average molecular weight is 338 g/mol. The molecule has 25 heavy (non-hydrogen) atoms. The predicted molar refractivity (Wildman–Crippen MR) is 99.3 cm³/mol. The first-order valence-corrected chi connectivity index (χ1v) is 8.89. The van der Waals surface area contributed by atoms with Crippen molar-refractivity contribution in [2.75, 3.05) is 26.3 Å². The molecule has 1 N–H and O–H groups in total. The van der Waals surface area contributed by atoms with Crippen molar-refractivity contribution < 1.29 is 9.53 Å². The summed E-state index contributed by atoms with van der Waals surface area (Å²) in [5, 5.41) is 3.02. The lowest BCUT2D eigenvalue weighted by atomic mass is 10.1. The normalized spacial score (nSPS) is 15.1. The first-order valence-electron chi connectivity index (χ1n) is 8.89. The highest BCUT2D eigenvalue weighted by Crippen LogP contribution is 2.10. The fraction of sp³-hybridized carbons (Fsp3) is 0.381. The number of nitrogens with zero attached hydrogens (tertiary/aromatic N) is 1. The van der Waals surface area contributed by atoms with Crippen LogP contribution in [0.2, 0.25) is 0 Å². The molecule has 0 saturated carbocycles. The maximum Gasteiger partial charge on any atom is 0.224 e. The fourth-order valence-electron chi connectivity index (χ4n) is 3.01. The van der Waals surface area contributed by atoms with Crippen LogP contribution in [0.1, 0.15) is 22.3 Å². The molecular formula is C21H26N2O2. The van der Waals surface area contributed by atoms with Crippen molar-refractivity contribution in [1.29, 1.82) is 0 Å². The van der Waals surface area contributed by atoms with E-state index in [9.17, 15) is 4.79 Å². The Labute approximate surface area is 149 Å². The van der Waals surface area contributed by atoms with Gasteiger partial charge in [0.2, 0.25) is 5.91 Å². The molecule has 2 aromatic rings. The van der Waals surface area contributed by atoms with E-state index in [1.54, 1.807) is 0 Å². The molecule has 0 radical (unpaired) electrons. The van der Waals surface area contributed by atoms with Crippen LogP contribution in [0, 0.1) is 6.92 Å². The molecule has 0 aliphatic carbocycles. The molecule has 3 rings (SSSR count). The van der Waals surface area contributed by atoms with Crippen LogP contribution in [0.4, 0.5) is 0 Å². The number of morpholine rings is 1. The summed E-state index contributed by atoms with van der Waals surface area (Å²) >= 11 is 0. The van der Waals surface area contributed by atoms with Gasteiger partial charge in [-0.05, 0) is 23.6 Å². The Bertz CT molecular complexity index is 691. The molecule has 0 bridgehead atoms. The number of amides is 1. The van der Waals surface area contributed by atoms with Gasteiger partial charge in [0, 0.05) is 26.2 Å². The van der Waals surface area contributed by atoms with E-state index in [2.05, 4.69) is 34.5 Å². The van der Waals surface area contributed by atoms with Crippen LogP contribution in [0.25, 0.3) is 0 Å². The lowest BCUT2D eigenvalue weighted by Gasteiger charge is -2.26. The molecule has 1 amide bonds. The van der Waals surface area contributed by atoms with Crippen LogP contribution >= 0.6 is 0 Å². The zero-order valence-electron chi connectivity index (χ0n) is 14.8. The monoisotopic (exact) mass is 338 g/mol. The molecule has 2 aromatic carbocycles. The molecule has 0 atom stereocenters. The third-order valence-corrected chi connectivity index (χ3v) is 4.48. The number of aryl methyl sites for hydroxylation is 1. The van der Waals surface area contributed by atoms with Crippen LogP contribution in [0.3, 0.4) is 0 Å². The number of benzene rings is 2. The molecule has 1 saturated heterocycles. The van der Waals surface area contributed by atoms with Gasteiger partial charge in [-0.2, -0.15) is 0 Å². The summed E-state index contributed by atoms with van der Waals surface area (Å²) < 4.78 is 5.39. The Morgan fingerprint density at radius 1 is 1.04 bits per heavy atom. The minimum absolute atomic E-state index is 0.0578. The zero-order valence-corrected chi connectivity index (χ0v) is 14.8. The van der Waals surface area contributed by atoms with Crippen molar-refractivity contribution in [3.63, 3.8) is 0 Å². The molecule has 1 heterocycles. The van der Waals surface area contributed by atoms with Gasteiger partial charge in [0.25, 0.3) is 0 Å². The SMILES string of the molecule is Cc1ccc(CC(=O)NCc2cccc(CN3CCOCC3)c2)cc1. The Kier molecular flexibility index (Phi) is 6.20. The topological polar surface area (TPSA) is 41.6 Å². The van der Waals surface area contributed by atoms with E-state index in [1.165, 1.54) is 11.1 Å². The van der Waals surface area contributed by atoms with Gasteiger partial charge in [0.15, 0.2) is 0 Å². The van der Waals surface area contributed by atoms with Gasteiger partial charge < -0.3 is 10.1 Å². The second-order valence-corrected chi connectivity index (χ2v) is 6.65. The summed E-state index contributed by atoms with van der Waals surface area (Å²) in [6.07, 6.45) is 0.424. The van der Waals surface area contributed by atoms with Gasteiger partial charge in [-0.1, -0.05) is 54.1 Å². The number of nitrogens with one attached hydrogen (secondary N) is 1. The van der Waals surface area contributed by atoms with Crippen LogP contribution in [0.5, 0.6) is 0 Å². The van der Waals surface area contributed by atoms with Gasteiger partial charge in [-0.15, -0.1) is 0 Å². The Morgan fingerprint density at radius 3 is 2.52 bits per heavy atom. The largest absolute Gasteiger partial charge is 0.379 e. The van der Waals surface area contributed by atoms with Crippen molar-refractivity contribution >= 4 is 5.91 Å². The summed E-state index contributed by atoms with van der Waals surface area (Å²) in [5.74, 6) is 0.0578. The molecular weight excluding hydrogens is 312 g/mol. The van der Waals surface area contributed by atoms with E-state index in [0.717, 1.165) is 44.0 Å². The maximum absolute atomic E-state index is 12.1. The highest BCUT2D eigenvalue weighted by atomic mass is 16.5. The molecule has 0 unspecified atom stereocenters. The molecule has 0 spiro atoms. The second-order valence-electron chi connectivity index (χ2n) is 6.65. The standard InChI is InChI=1S/C21H26N2O2/c1-17-5-7-18(8-6-17)14-21(24)22-15-19-3-2-4-20(13-19)16-23-9-11-25-12-10-23/h2-8,13H,9-12,14-16H2,1H3,(H,22,24). The van der Waals surface area contributed by atoms with Crippen molar-refractivity contribution in [1.82, 2.24) is 10.2 Å². The van der Waals surface area contributed by atoms with Crippen molar-refractivity contribution in [2.45, 2.75) is 26.4 Å². The molecule has 1 aliphatic heterocycles. The first kappa shape index (κ1) is 17.6. The van der Waals surface area contributed by atoms with E-state index in [4.69, 9.17) is 4.74 Å². The molecule has 1 fully saturated rings. The third-order valence-electron chi connectivity index (χ3n) is 4.48. The Hall–Kier alpha value is -2.17. The van der Waals surface area contributed by atoms with Crippen molar-refractivity contribution in [3.8, 4) is 0 Å². The van der Waals surface area contributed by atoms with E-state index < -0.39 is 0 Å². The summed E-state index contributed by atoms with van der Waals surface area (Å²) in [6, 6.07) is 16.6. The number of ether oxygens (including phenoxy) is 1. The number of hydrogen-bond acceptors (Lipinski definition) is 3. The zero-order chi connectivity index (χ0) is 17.5. The molecule has 4 heteroatoms. The summed E-state index contributed by atoms with van der Waals surface area (Å²) in [5.41, 5.74) is 4.68. The van der Waals surface area contributed by atoms with Crippen LogP contribution in [-0.4, -0.2) is 37.1 Å². The summed E-state index contributed by atoms with van der Waals surface area (Å²) in [7, 11) is 0. The minimum atomic E-state index is 0.0578. The quantitative estimate of drug-likeness (QED) is 0.880. The Balaban J connectivity index is 1.49. The van der Waals surface area contributed by atoms with E-state index in [1.807, 2.05) is 31.2 Å². The fourth-order valence-corrected chi connectivity index (χ4v) is 3.01. The van der Waals surface area contributed by atoms with E-state index >= 15 is 0 Å². The molecule has 0 aromatic heterocycles. The number of rotatable bonds is 6. The number of carbonyl (C=O) groups is 1. The first-order chi connectivity index (χ1) is 12.2. The minimum Gasteiger partial charge on any atom is -0.379 e. The average Bonchev–Trinajstić information content (AvgIpc) is 2.63. The predicted octanol–water partition coefficient (Wildman–Crippen LogP) is 2.69. The van der Waals surface area contributed by atoms with Gasteiger partial charge in [-0.3, -0.25) is 9.69 Å². The van der Waals surface area contributed by atoms with Crippen molar-refractivity contribution in [2.24, 2.45) is 0 Å². The smallest absolute Gasteiger partial charge is 0.224 e. The molecule has 4 nitrogen and oxygen atoms in total. The van der Waals surface area contributed by atoms with Crippen LogP contribution in [0.15, 0.2) is 48.5 Å². The summed E-state index contributed by atoms with van der Waals surface area (Å²) in [4.78, 5) is 14.5. The number of carbonyl (C=O) groups excluding carboxylic acids is 1.